The quantitative estimate of drug-likeness (QED) is 0.240. The van der Waals surface area contributed by atoms with Crippen LogP contribution in [0.5, 0.6) is 0 Å². The highest BCUT2D eigenvalue weighted by atomic mass is 16.7. The van der Waals surface area contributed by atoms with Crippen LogP contribution in [0.25, 0.3) is 0 Å². The number of carbonyl (C=O) groups is 1. The van der Waals surface area contributed by atoms with Gasteiger partial charge in [-0.1, -0.05) is 0 Å². The highest BCUT2D eigenvalue weighted by molar-refractivity contribution is 5.78. The summed E-state index contributed by atoms with van der Waals surface area (Å²) in [6.07, 6.45) is -5.27. The summed E-state index contributed by atoms with van der Waals surface area (Å²) in [6.45, 7) is 1.50. The van der Waals surface area contributed by atoms with Gasteiger partial charge in [0.05, 0.1) is 36.9 Å². The Morgan fingerprint density at radius 2 is 1.85 bits per heavy atom. The molecule has 158 valence electrons. The van der Waals surface area contributed by atoms with Crippen LogP contribution in [0.2, 0.25) is 0 Å². The Morgan fingerprint density at radius 1 is 1.22 bits per heavy atom. The number of nitrogens with zero attached hydrogens (tertiary/aromatic N) is 1. The van der Waals surface area contributed by atoms with E-state index in [1.807, 2.05) is 6.92 Å². The summed E-state index contributed by atoms with van der Waals surface area (Å²) in [5, 5.41) is 31.4. The number of rotatable bonds is 5. The minimum absolute atomic E-state index is 0.234. The SMILES string of the molecule is C[C@H](N)[C@H]1CC[C@H](N)[C@@H](O[C@H]2[C@@H](N)[C@H](O)[C@H](O)[C@H](N(C)C(=O)CN)[C@@H]2O)O1. The summed E-state index contributed by atoms with van der Waals surface area (Å²) < 4.78 is 11.6. The van der Waals surface area contributed by atoms with Gasteiger partial charge in [0.25, 0.3) is 0 Å². The van der Waals surface area contributed by atoms with Gasteiger partial charge in [0.1, 0.15) is 18.3 Å². The standard InChI is InChI=1S/C16H33N5O6/c1-6(18)8-4-3-7(19)16(26-8)27-15-10(20)12(23)13(24)11(14(15)25)21(2)9(22)5-17/h6-8,10-16,23-25H,3-5,17-20H2,1-2H3/t6-,7-,8+,10-,11-,12-,13+,14-,15-,16+/m0/s1. The molecule has 2 fully saturated rings. The summed E-state index contributed by atoms with van der Waals surface area (Å²) in [5.74, 6) is -0.512. The van der Waals surface area contributed by atoms with Gasteiger partial charge in [-0.25, -0.2) is 0 Å². The highest BCUT2D eigenvalue weighted by Crippen LogP contribution is 2.29. The Labute approximate surface area is 158 Å². The molecule has 0 aromatic carbocycles. The topological polar surface area (TPSA) is 204 Å². The van der Waals surface area contributed by atoms with E-state index in [2.05, 4.69) is 0 Å². The predicted molar refractivity (Wildman–Crippen MR) is 96.0 cm³/mol. The van der Waals surface area contributed by atoms with Gasteiger partial charge in [-0.3, -0.25) is 4.79 Å². The van der Waals surface area contributed by atoms with Crippen molar-refractivity contribution in [1.29, 1.82) is 0 Å². The minimum Gasteiger partial charge on any atom is -0.389 e. The average molecular weight is 391 g/mol. The number of nitrogens with two attached hydrogens (primary N) is 4. The van der Waals surface area contributed by atoms with Crippen LogP contribution < -0.4 is 22.9 Å². The molecule has 1 saturated heterocycles. The van der Waals surface area contributed by atoms with Gasteiger partial charge in [0, 0.05) is 13.1 Å². The molecule has 1 saturated carbocycles. The van der Waals surface area contributed by atoms with Crippen molar-refractivity contribution in [3.8, 4) is 0 Å². The smallest absolute Gasteiger partial charge is 0.236 e. The van der Waals surface area contributed by atoms with Gasteiger partial charge in [-0.05, 0) is 19.8 Å². The van der Waals surface area contributed by atoms with Crippen molar-refractivity contribution in [1.82, 2.24) is 4.90 Å². The molecular formula is C16H33N5O6. The second-order valence-corrected chi connectivity index (χ2v) is 7.49. The van der Waals surface area contributed by atoms with Crippen LogP contribution in [0.3, 0.4) is 0 Å². The van der Waals surface area contributed by atoms with Crippen molar-refractivity contribution < 1.29 is 29.6 Å². The van der Waals surface area contributed by atoms with E-state index < -0.39 is 54.7 Å². The molecule has 0 bridgehead atoms. The molecule has 1 amide bonds. The fraction of sp³-hybridized carbons (Fsp3) is 0.938. The third kappa shape index (κ3) is 4.58. The molecule has 0 aromatic heterocycles. The number of aliphatic hydroxyl groups excluding tert-OH is 3. The van der Waals surface area contributed by atoms with Crippen LogP contribution in [-0.4, -0.2) is 101 Å². The Morgan fingerprint density at radius 3 is 2.41 bits per heavy atom. The van der Waals surface area contributed by atoms with Gasteiger partial charge >= 0.3 is 0 Å². The summed E-state index contributed by atoms with van der Waals surface area (Å²) in [4.78, 5) is 13.0. The van der Waals surface area contributed by atoms with E-state index in [0.717, 1.165) is 4.90 Å². The molecular weight excluding hydrogens is 358 g/mol. The second-order valence-electron chi connectivity index (χ2n) is 7.49. The molecule has 11 N–H and O–H groups in total. The van der Waals surface area contributed by atoms with Gasteiger partial charge in [0.15, 0.2) is 6.29 Å². The second kappa shape index (κ2) is 9.07. The van der Waals surface area contributed by atoms with E-state index in [1.54, 1.807) is 0 Å². The first-order valence-corrected chi connectivity index (χ1v) is 9.17. The summed E-state index contributed by atoms with van der Waals surface area (Å²) in [7, 11) is 1.38. The minimum atomic E-state index is -1.46. The summed E-state index contributed by atoms with van der Waals surface area (Å²) in [6, 6.07) is -2.96. The van der Waals surface area contributed by atoms with E-state index in [1.165, 1.54) is 7.05 Å². The van der Waals surface area contributed by atoms with Crippen molar-refractivity contribution in [3.63, 3.8) is 0 Å². The van der Waals surface area contributed by atoms with Gasteiger partial charge in [-0.15, -0.1) is 0 Å². The lowest BCUT2D eigenvalue weighted by Gasteiger charge is -2.49. The van der Waals surface area contributed by atoms with Crippen LogP contribution >= 0.6 is 0 Å². The van der Waals surface area contributed by atoms with Crippen molar-refractivity contribution in [2.45, 2.75) is 80.7 Å². The zero-order chi connectivity index (χ0) is 20.5. The molecule has 10 atom stereocenters. The van der Waals surface area contributed by atoms with E-state index in [-0.39, 0.29) is 18.7 Å². The Bertz CT molecular complexity index is 512. The van der Waals surface area contributed by atoms with Crippen LogP contribution in [0, 0.1) is 0 Å². The maximum Gasteiger partial charge on any atom is 0.236 e. The lowest BCUT2D eigenvalue weighted by Crippen LogP contribution is -2.72. The van der Waals surface area contributed by atoms with Crippen molar-refractivity contribution in [2.75, 3.05) is 13.6 Å². The fourth-order valence-corrected chi connectivity index (χ4v) is 3.70. The van der Waals surface area contributed by atoms with Gasteiger partial charge in [-0.2, -0.15) is 0 Å². The Balaban J connectivity index is 2.19. The van der Waals surface area contributed by atoms with Gasteiger partial charge in [0.2, 0.25) is 5.91 Å². The molecule has 0 aromatic rings. The van der Waals surface area contributed by atoms with E-state index >= 15 is 0 Å². The molecule has 11 nitrogen and oxygen atoms in total. The maximum atomic E-state index is 11.9. The molecule has 27 heavy (non-hydrogen) atoms. The van der Waals surface area contributed by atoms with Crippen LogP contribution in [-0.2, 0) is 14.3 Å². The number of likely N-dealkylation sites (N-methyl/N-ethyl adjacent to an activating group) is 1. The zero-order valence-electron chi connectivity index (χ0n) is 15.7. The summed E-state index contributed by atoms with van der Waals surface area (Å²) in [5.41, 5.74) is 23.3. The molecule has 2 rings (SSSR count). The Kier molecular flexibility index (Phi) is 7.53. The molecule has 1 heterocycles. The third-order valence-electron chi connectivity index (χ3n) is 5.50. The predicted octanol–water partition coefficient (Wildman–Crippen LogP) is -4.24. The lowest BCUT2D eigenvalue weighted by molar-refractivity contribution is -0.266. The fourth-order valence-electron chi connectivity index (χ4n) is 3.70. The van der Waals surface area contributed by atoms with E-state index in [4.69, 9.17) is 32.4 Å². The Hall–Kier alpha value is -0.890. The molecule has 1 aliphatic heterocycles. The lowest BCUT2D eigenvalue weighted by atomic mass is 9.81. The van der Waals surface area contributed by atoms with Gasteiger partial charge < -0.3 is 52.6 Å². The highest BCUT2D eigenvalue weighted by Gasteiger charge is 2.52. The summed E-state index contributed by atoms with van der Waals surface area (Å²) >= 11 is 0. The zero-order valence-corrected chi connectivity index (χ0v) is 15.7. The maximum absolute atomic E-state index is 11.9. The number of aliphatic hydroxyl groups is 3. The normalized spacial score (nSPS) is 44.0. The van der Waals surface area contributed by atoms with Crippen LogP contribution in [0.1, 0.15) is 19.8 Å². The van der Waals surface area contributed by atoms with Crippen molar-refractivity contribution >= 4 is 5.91 Å². The first kappa shape index (κ1) is 22.4. The largest absolute Gasteiger partial charge is 0.389 e. The number of ether oxygens (including phenoxy) is 2. The molecule has 0 radical (unpaired) electrons. The molecule has 0 unspecified atom stereocenters. The monoisotopic (exact) mass is 391 g/mol. The third-order valence-corrected chi connectivity index (χ3v) is 5.50. The van der Waals surface area contributed by atoms with Crippen LogP contribution in [0.15, 0.2) is 0 Å². The first-order valence-electron chi connectivity index (χ1n) is 9.17. The van der Waals surface area contributed by atoms with E-state index in [0.29, 0.717) is 12.8 Å². The average Bonchev–Trinajstić information content (AvgIpc) is 2.63. The van der Waals surface area contributed by atoms with Crippen molar-refractivity contribution in [2.24, 2.45) is 22.9 Å². The molecule has 1 aliphatic carbocycles. The number of hydrogen-bond acceptors (Lipinski definition) is 10. The van der Waals surface area contributed by atoms with Crippen molar-refractivity contribution in [3.05, 3.63) is 0 Å². The number of carbonyl (C=O) groups excluding carboxylic acids is 1. The first-order chi connectivity index (χ1) is 12.6. The molecule has 11 heteroatoms. The molecule has 0 spiro atoms. The van der Waals surface area contributed by atoms with Crippen LogP contribution in [0.4, 0.5) is 0 Å². The number of amides is 1. The van der Waals surface area contributed by atoms with E-state index in [9.17, 15) is 20.1 Å². The number of hydrogen-bond donors (Lipinski definition) is 7. The molecule has 2 aliphatic rings.